The van der Waals surface area contributed by atoms with Crippen LogP contribution in [0.25, 0.3) is 33.8 Å². The summed E-state index contributed by atoms with van der Waals surface area (Å²) in [6.45, 7) is 11.0. The maximum atomic E-state index is 14.9. The Morgan fingerprint density at radius 1 is 0.333 bits per heavy atom. The van der Waals surface area contributed by atoms with Crippen molar-refractivity contribution >= 4 is 86.6 Å². The number of benzene rings is 7. The second kappa shape index (κ2) is 39.4. The number of ether oxygens (including phenoxy) is 4. The van der Waals surface area contributed by atoms with Gasteiger partial charge in [0.05, 0.1) is 91.5 Å². The zero-order valence-electron chi connectivity index (χ0n) is 69.6. The highest BCUT2D eigenvalue weighted by Gasteiger charge is 2.42. The van der Waals surface area contributed by atoms with E-state index in [9.17, 15) is 38.4 Å². The lowest BCUT2D eigenvalue weighted by Crippen LogP contribution is -2.41. The summed E-state index contributed by atoms with van der Waals surface area (Å²) in [4.78, 5) is 17.7. The third kappa shape index (κ3) is 21.1. The van der Waals surface area contributed by atoms with Gasteiger partial charge in [0.1, 0.15) is 64.9 Å². The summed E-state index contributed by atoms with van der Waals surface area (Å²) in [5.41, 5.74) is 10.8. The summed E-state index contributed by atoms with van der Waals surface area (Å²) in [6.07, 6.45) is 28.1. The Bertz CT molecular complexity index is 5360. The quantitative estimate of drug-likeness (QED) is 0.0856. The number of nitrogens with zero attached hydrogens (tertiary/aromatic N) is 11. The Morgan fingerprint density at radius 2 is 0.593 bits per heavy atom. The standard InChI is InChI=1S/2C27H31FN4O3S.C15H16FN3.C12H16INO3S.C11H14INO/c2*1-36(33,34)31-15-11-22(12-16-31)35-21-7-5-20(6-8-21)30-13-9-19(10-14-30)27-26-23(3-2-4-24(26)28)25-17-29-18-32(25)27;16-12-3-1-2-11-13-8-18-9-19(13)15(14(11)12)10-4-6-17-7-5-10;1-18(15,16)14-8-6-12(7-9-14)17-11-4-2-10(13)3-5-11;12-9-1-3-10(4-2-9)14-11-5-7-13-8-6-11/h2*2-8,17-19,22,27H,9-16H2,1H3;1-3,8-10,15,17H,4-7H2;2-5,12H,6-9H2,1H3;1-4,11,13H,5-8H2. The minimum absolute atomic E-state index is 0.00531. The molecule has 13 heterocycles. The zero-order valence-corrected chi connectivity index (χ0v) is 76.4. The van der Waals surface area contributed by atoms with Crippen LogP contribution in [0.2, 0.25) is 0 Å². The van der Waals surface area contributed by atoms with Crippen molar-refractivity contribution in [3.8, 4) is 56.8 Å². The lowest BCUT2D eigenvalue weighted by molar-refractivity contribution is 0.135. The fraction of sp³-hybridized carbons (Fsp3) is 0.446. The van der Waals surface area contributed by atoms with Gasteiger partial charge in [0.15, 0.2) is 0 Å². The number of piperidine rings is 7. The minimum Gasteiger partial charge on any atom is -0.490 e. The Morgan fingerprint density at radius 3 is 0.878 bits per heavy atom. The van der Waals surface area contributed by atoms with Gasteiger partial charge in [-0.25, -0.2) is 66.3 Å². The number of sulfonamides is 3. The molecule has 31 heteroatoms. The van der Waals surface area contributed by atoms with Crippen LogP contribution in [0, 0.1) is 42.3 Å². The SMILES string of the molecule is CS(=O)(=O)N1CCC(Oc2ccc(I)cc2)CC1.CS(=O)(=O)N1CCC(Oc2ccc(N3CCC(C4c5c(F)cccc5-c5cncn54)CC3)cc2)CC1.CS(=O)(=O)N1CCC(Oc2ccc(N3CCC(C4c5c(F)cccc5-c5cncn54)CC3)cc2)CC1.Fc1cccc2c1C(C1CCNCC1)n1cncc1-2.Ic1ccc(OC2CCNCC2)cc1. The van der Waals surface area contributed by atoms with Crippen molar-refractivity contribution in [2.75, 3.05) is 120 Å². The van der Waals surface area contributed by atoms with Gasteiger partial charge in [-0.3, -0.25) is 0 Å². The van der Waals surface area contributed by atoms with Crippen molar-refractivity contribution in [2.45, 2.75) is 132 Å². The summed E-state index contributed by atoms with van der Waals surface area (Å²) < 4.78 is 151. The van der Waals surface area contributed by atoms with Crippen LogP contribution in [-0.4, -0.2) is 202 Å². The predicted molar refractivity (Wildman–Crippen MR) is 491 cm³/mol. The van der Waals surface area contributed by atoms with Crippen molar-refractivity contribution < 1.29 is 57.4 Å². The third-order valence-electron chi connectivity index (χ3n) is 25.7. The second-order valence-electron chi connectivity index (χ2n) is 33.6. The number of imidazole rings is 3. The molecule has 123 heavy (non-hydrogen) atoms. The van der Waals surface area contributed by atoms with Gasteiger partial charge in [0.25, 0.3) is 0 Å². The Labute approximate surface area is 747 Å². The Hall–Kier alpha value is -8.13. The summed E-state index contributed by atoms with van der Waals surface area (Å²) in [5.74, 6) is 4.36. The first-order chi connectivity index (χ1) is 59.4. The number of aromatic nitrogens is 6. The van der Waals surface area contributed by atoms with E-state index in [0.717, 1.165) is 201 Å². The minimum atomic E-state index is -3.13. The number of hydrogen-bond donors (Lipinski definition) is 2. The molecule has 10 aromatic rings. The van der Waals surface area contributed by atoms with Gasteiger partial charge in [-0.2, -0.15) is 0 Å². The van der Waals surface area contributed by atoms with Crippen molar-refractivity contribution in [1.29, 1.82) is 0 Å². The molecule has 0 radical (unpaired) electrons. The summed E-state index contributed by atoms with van der Waals surface area (Å²) >= 11 is 4.55. The Balaban J connectivity index is 0.000000120. The van der Waals surface area contributed by atoms with Crippen LogP contribution in [0.1, 0.15) is 125 Å². The molecule has 0 saturated carbocycles. The van der Waals surface area contributed by atoms with E-state index in [4.69, 9.17) is 18.9 Å². The molecule has 23 nitrogen and oxygen atoms in total. The van der Waals surface area contributed by atoms with Crippen molar-refractivity contribution in [1.82, 2.24) is 52.2 Å². The Kier molecular flexibility index (Phi) is 28.3. The molecule has 7 fully saturated rings. The molecule has 0 bridgehead atoms. The average molecular weight is 1960 g/mol. The van der Waals surface area contributed by atoms with Gasteiger partial charge in [-0.05, 0) is 294 Å². The average Bonchev–Trinajstić information content (AvgIpc) is 1.60. The fourth-order valence-electron chi connectivity index (χ4n) is 19.3. The van der Waals surface area contributed by atoms with Crippen LogP contribution in [-0.2, 0) is 30.1 Å². The normalized spacial score (nSPS) is 20.8. The monoisotopic (exact) mass is 1960 g/mol. The highest BCUT2D eigenvalue weighted by atomic mass is 127. The van der Waals surface area contributed by atoms with Gasteiger partial charge < -0.3 is 53.1 Å². The topological polar surface area (TPSA) is 233 Å². The van der Waals surface area contributed by atoms with Crippen LogP contribution in [0.4, 0.5) is 24.5 Å². The number of fused-ring (bicyclic) bond motifs is 9. The predicted octanol–water partition coefficient (Wildman–Crippen LogP) is 15.7. The molecule has 10 aliphatic rings. The molecule has 7 aromatic carbocycles. The van der Waals surface area contributed by atoms with E-state index in [0.29, 0.717) is 88.8 Å². The van der Waals surface area contributed by atoms with Crippen LogP contribution in [0.3, 0.4) is 0 Å². The van der Waals surface area contributed by atoms with Crippen LogP contribution in [0.15, 0.2) is 189 Å². The summed E-state index contributed by atoms with van der Waals surface area (Å²) in [5, 5.41) is 6.70. The maximum absolute atomic E-state index is 14.9. The highest BCUT2D eigenvalue weighted by Crippen LogP contribution is 2.50. The summed E-state index contributed by atoms with van der Waals surface area (Å²) in [7, 11) is -9.31. The highest BCUT2D eigenvalue weighted by molar-refractivity contribution is 14.1. The fourth-order valence-corrected chi connectivity index (χ4v) is 22.7. The lowest BCUT2D eigenvalue weighted by Gasteiger charge is -2.37. The van der Waals surface area contributed by atoms with Crippen molar-refractivity contribution in [2.24, 2.45) is 17.8 Å². The first kappa shape index (κ1) is 88.3. The maximum Gasteiger partial charge on any atom is 0.211 e. The number of hydrogen-bond acceptors (Lipinski definition) is 17. The van der Waals surface area contributed by atoms with Crippen LogP contribution < -0.4 is 39.4 Å². The largest absolute Gasteiger partial charge is 0.490 e. The van der Waals surface area contributed by atoms with Crippen molar-refractivity contribution in [3.63, 3.8) is 0 Å². The van der Waals surface area contributed by atoms with Crippen LogP contribution >= 0.6 is 45.2 Å². The summed E-state index contributed by atoms with van der Waals surface area (Å²) in [6, 6.07) is 48.8. The molecule has 2 N–H and O–H groups in total. The van der Waals surface area contributed by atoms with Gasteiger partial charge >= 0.3 is 0 Å². The van der Waals surface area contributed by atoms with E-state index in [1.54, 1.807) is 36.4 Å². The number of rotatable bonds is 16. The third-order valence-corrected chi connectivity index (χ3v) is 31.1. The molecule has 0 aliphatic carbocycles. The molecule has 0 amide bonds. The second-order valence-corrected chi connectivity index (χ2v) is 42.1. The molecule has 7 saturated heterocycles. The van der Waals surface area contributed by atoms with Gasteiger partial charge in [-0.1, -0.05) is 36.4 Å². The van der Waals surface area contributed by atoms with E-state index < -0.39 is 30.1 Å². The van der Waals surface area contributed by atoms with Gasteiger partial charge in [-0.15, -0.1) is 0 Å². The molecule has 20 rings (SSSR count). The number of nitrogens with one attached hydrogen (secondary N) is 2. The first-order valence-corrected chi connectivity index (χ1v) is 50.7. The molecule has 654 valence electrons. The first-order valence-electron chi connectivity index (χ1n) is 43.0. The number of anilines is 2. The zero-order chi connectivity index (χ0) is 85.5. The van der Waals surface area contributed by atoms with Gasteiger partial charge in [0.2, 0.25) is 30.1 Å². The van der Waals surface area contributed by atoms with E-state index in [-0.39, 0.29) is 53.9 Å². The van der Waals surface area contributed by atoms with Crippen LogP contribution in [0.5, 0.6) is 23.0 Å². The number of halogens is 5. The molecule has 3 aromatic heterocycles. The van der Waals surface area contributed by atoms with Crippen molar-refractivity contribution in [3.05, 3.63) is 231 Å². The molecule has 10 aliphatic heterocycles. The van der Waals surface area contributed by atoms with E-state index in [1.807, 2.05) is 116 Å². The molecule has 0 spiro atoms. The van der Waals surface area contributed by atoms with E-state index >= 15 is 0 Å². The smallest absolute Gasteiger partial charge is 0.211 e. The molecular weight excluding hydrogens is 1850 g/mol. The molecule has 3 unspecified atom stereocenters. The van der Waals surface area contributed by atoms with Gasteiger partial charge in [0, 0.05) is 117 Å². The van der Waals surface area contributed by atoms with E-state index in [1.165, 1.54) is 38.8 Å². The van der Waals surface area contributed by atoms with E-state index in [2.05, 4.69) is 131 Å². The molecular formula is C92H108F3I2N13O10S3. The molecule has 3 atom stereocenters. The lowest BCUT2D eigenvalue weighted by atomic mass is 9.85.